The Hall–Kier alpha value is -1.27. The van der Waals surface area contributed by atoms with Crippen LogP contribution >= 0.6 is 11.6 Å². The van der Waals surface area contributed by atoms with E-state index in [1.54, 1.807) is 24.3 Å². The lowest BCUT2D eigenvalue weighted by molar-refractivity contribution is -0.253. The summed E-state index contributed by atoms with van der Waals surface area (Å²) in [6, 6.07) is 6.80. The van der Waals surface area contributed by atoms with Gasteiger partial charge in [-0.2, -0.15) is 13.2 Å². The van der Waals surface area contributed by atoms with Crippen molar-refractivity contribution in [3.05, 3.63) is 34.9 Å². The second-order valence-corrected chi connectivity index (χ2v) is 6.53. The van der Waals surface area contributed by atoms with Gasteiger partial charge in [-0.25, -0.2) is 0 Å². The quantitative estimate of drug-likeness (QED) is 0.904. The average molecular weight is 334 g/mol. The predicted molar refractivity (Wildman–Crippen MR) is 74.6 cm³/mol. The molecule has 1 N–H and O–H groups in total. The Kier molecular flexibility index (Phi) is 3.45. The van der Waals surface area contributed by atoms with Crippen LogP contribution in [0.4, 0.5) is 13.2 Å². The number of aliphatic hydroxyl groups is 1. The van der Waals surface area contributed by atoms with Gasteiger partial charge < -0.3 is 10.0 Å². The fraction of sp³-hybridized carbons (Fsp3) is 0.533. The van der Waals surface area contributed by atoms with E-state index in [0.29, 0.717) is 17.9 Å². The van der Waals surface area contributed by atoms with E-state index in [9.17, 15) is 23.1 Å². The van der Waals surface area contributed by atoms with Crippen molar-refractivity contribution in [1.29, 1.82) is 0 Å². The molecular weight excluding hydrogens is 319 g/mol. The summed E-state index contributed by atoms with van der Waals surface area (Å²) in [4.78, 5) is 13.8. The Bertz CT molecular complexity index is 598. The Balaban J connectivity index is 1.79. The molecule has 1 aliphatic carbocycles. The molecule has 1 saturated carbocycles. The van der Waals surface area contributed by atoms with E-state index in [-0.39, 0.29) is 12.5 Å². The van der Waals surface area contributed by atoms with Crippen LogP contribution in [-0.4, -0.2) is 40.8 Å². The minimum atomic E-state index is -4.72. The van der Waals surface area contributed by atoms with Crippen LogP contribution in [0.25, 0.3) is 0 Å². The predicted octanol–water partition coefficient (Wildman–Crippen LogP) is 2.90. The Morgan fingerprint density at radius 1 is 1.18 bits per heavy atom. The SMILES string of the molecule is O=C(N1CC[C@](O)(C(F)(F)F)C1)C1(c2ccc(Cl)cc2)CC1. The van der Waals surface area contributed by atoms with Crippen molar-refractivity contribution in [2.24, 2.45) is 0 Å². The molecule has 1 heterocycles. The lowest BCUT2D eigenvalue weighted by atomic mass is 9.94. The Morgan fingerprint density at radius 3 is 2.23 bits per heavy atom. The summed E-state index contributed by atoms with van der Waals surface area (Å²) in [5.74, 6) is -0.338. The number of carbonyl (C=O) groups is 1. The maximum Gasteiger partial charge on any atom is 0.419 e. The molecular formula is C15H15ClF3NO2. The average Bonchev–Trinajstić information content (AvgIpc) is 3.15. The largest absolute Gasteiger partial charge is 0.419 e. The van der Waals surface area contributed by atoms with Gasteiger partial charge >= 0.3 is 6.18 Å². The minimum absolute atomic E-state index is 0.0792. The Labute approximate surface area is 130 Å². The number of hydrogen-bond acceptors (Lipinski definition) is 2. The van der Waals surface area contributed by atoms with E-state index in [1.807, 2.05) is 0 Å². The number of nitrogens with zero attached hydrogens (tertiary/aromatic N) is 1. The zero-order chi connectivity index (χ0) is 16.2. The number of carbonyl (C=O) groups excluding carboxylic acids is 1. The van der Waals surface area contributed by atoms with Crippen molar-refractivity contribution in [1.82, 2.24) is 4.90 Å². The number of β-amino-alcohol motifs (C(OH)–C–C–N with tert-alkyl or cyclic N) is 1. The number of rotatable bonds is 2. The van der Waals surface area contributed by atoms with E-state index < -0.39 is 30.2 Å². The topological polar surface area (TPSA) is 40.5 Å². The third-order valence-electron chi connectivity index (χ3n) is 4.62. The van der Waals surface area contributed by atoms with Gasteiger partial charge in [0.1, 0.15) is 0 Å². The maximum absolute atomic E-state index is 12.9. The first-order valence-corrected chi connectivity index (χ1v) is 7.40. The number of halogens is 4. The molecule has 0 aromatic heterocycles. The second kappa shape index (κ2) is 4.86. The molecule has 1 amide bonds. The zero-order valence-corrected chi connectivity index (χ0v) is 12.4. The molecule has 1 aliphatic heterocycles. The van der Waals surface area contributed by atoms with Crippen molar-refractivity contribution in [2.75, 3.05) is 13.1 Å². The number of hydrogen-bond donors (Lipinski definition) is 1. The molecule has 0 unspecified atom stereocenters. The fourth-order valence-corrected chi connectivity index (χ4v) is 3.15. The Morgan fingerprint density at radius 2 is 1.77 bits per heavy atom. The molecule has 0 radical (unpaired) electrons. The fourth-order valence-electron chi connectivity index (χ4n) is 3.02. The molecule has 2 aliphatic rings. The van der Waals surface area contributed by atoms with Gasteiger partial charge in [-0.3, -0.25) is 4.79 Å². The van der Waals surface area contributed by atoms with Crippen LogP contribution < -0.4 is 0 Å². The van der Waals surface area contributed by atoms with Gasteiger partial charge in [0.2, 0.25) is 5.91 Å². The van der Waals surface area contributed by atoms with Crippen LogP contribution in [0.15, 0.2) is 24.3 Å². The van der Waals surface area contributed by atoms with Crippen LogP contribution in [0.2, 0.25) is 5.02 Å². The van der Waals surface area contributed by atoms with Crippen molar-refractivity contribution >= 4 is 17.5 Å². The lowest BCUT2D eigenvalue weighted by Gasteiger charge is -2.28. The summed E-state index contributed by atoms with van der Waals surface area (Å²) in [5, 5.41) is 10.2. The molecule has 7 heteroatoms. The third kappa shape index (κ3) is 2.38. The first-order chi connectivity index (χ1) is 10.2. The molecule has 0 bridgehead atoms. The van der Waals surface area contributed by atoms with Crippen LogP contribution in [0, 0.1) is 0 Å². The van der Waals surface area contributed by atoms with E-state index in [0.717, 1.165) is 10.5 Å². The summed E-state index contributed by atoms with van der Waals surface area (Å²) in [7, 11) is 0. The van der Waals surface area contributed by atoms with E-state index >= 15 is 0 Å². The number of amides is 1. The maximum atomic E-state index is 12.9. The highest BCUT2D eigenvalue weighted by Gasteiger charge is 2.61. The van der Waals surface area contributed by atoms with E-state index in [4.69, 9.17) is 11.6 Å². The monoisotopic (exact) mass is 333 g/mol. The summed E-state index contributed by atoms with van der Waals surface area (Å²) in [6.07, 6.45) is -3.99. The van der Waals surface area contributed by atoms with Gasteiger partial charge in [0, 0.05) is 18.0 Å². The summed E-state index contributed by atoms with van der Waals surface area (Å²) in [6.45, 7) is -0.769. The normalized spacial score (nSPS) is 27.0. The van der Waals surface area contributed by atoms with Gasteiger partial charge in [0.15, 0.2) is 5.60 Å². The van der Waals surface area contributed by atoms with Gasteiger partial charge in [-0.15, -0.1) is 0 Å². The molecule has 2 fully saturated rings. The van der Waals surface area contributed by atoms with E-state index in [1.165, 1.54) is 0 Å². The molecule has 3 rings (SSSR count). The standard InChI is InChI=1S/C15H15ClF3NO2/c16-11-3-1-10(2-4-11)13(5-6-13)12(21)20-8-7-14(22,9-20)15(17,18)19/h1-4,22H,5-9H2/t14-/m1/s1. The van der Waals surface area contributed by atoms with Crippen molar-refractivity contribution in [3.8, 4) is 0 Å². The molecule has 0 spiro atoms. The molecule has 1 atom stereocenters. The van der Waals surface area contributed by atoms with Crippen molar-refractivity contribution in [2.45, 2.75) is 36.5 Å². The summed E-state index contributed by atoms with van der Waals surface area (Å²) in [5.41, 5.74) is -2.77. The lowest BCUT2D eigenvalue weighted by Crippen LogP contribution is -2.49. The number of likely N-dealkylation sites (tertiary alicyclic amines) is 1. The molecule has 3 nitrogen and oxygen atoms in total. The number of alkyl halides is 3. The van der Waals surface area contributed by atoms with Crippen LogP contribution in [0.3, 0.4) is 0 Å². The van der Waals surface area contributed by atoms with Crippen LogP contribution in [0.1, 0.15) is 24.8 Å². The van der Waals surface area contributed by atoms with Gasteiger partial charge in [-0.1, -0.05) is 23.7 Å². The second-order valence-electron chi connectivity index (χ2n) is 6.10. The highest BCUT2D eigenvalue weighted by molar-refractivity contribution is 6.30. The van der Waals surface area contributed by atoms with Crippen molar-refractivity contribution < 1.29 is 23.1 Å². The third-order valence-corrected chi connectivity index (χ3v) is 4.87. The zero-order valence-electron chi connectivity index (χ0n) is 11.7. The number of benzene rings is 1. The first kappa shape index (κ1) is 15.6. The van der Waals surface area contributed by atoms with Gasteiger partial charge in [0.05, 0.1) is 12.0 Å². The van der Waals surface area contributed by atoms with Crippen LogP contribution in [-0.2, 0) is 10.2 Å². The summed E-state index contributed by atoms with van der Waals surface area (Å²) >= 11 is 5.82. The highest BCUT2D eigenvalue weighted by atomic mass is 35.5. The minimum Gasteiger partial charge on any atom is -0.379 e. The van der Waals surface area contributed by atoms with Gasteiger partial charge in [-0.05, 0) is 30.5 Å². The van der Waals surface area contributed by atoms with Gasteiger partial charge in [0.25, 0.3) is 0 Å². The first-order valence-electron chi connectivity index (χ1n) is 7.03. The van der Waals surface area contributed by atoms with E-state index in [2.05, 4.69) is 0 Å². The molecule has 1 aromatic carbocycles. The molecule has 120 valence electrons. The highest BCUT2D eigenvalue weighted by Crippen LogP contribution is 2.51. The molecule has 1 saturated heterocycles. The van der Waals surface area contributed by atoms with Crippen LogP contribution in [0.5, 0.6) is 0 Å². The summed E-state index contributed by atoms with van der Waals surface area (Å²) < 4.78 is 38.6. The molecule has 22 heavy (non-hydrogen) atoms. The smallest absolute Gasteiger partial charge is 0.379 e. The van der Waals surface area contributed by atoms with Crippen molar-refractivity contribution in [3.63, 3.8) is 0 Å². The molecule has 1 aromatic rings.